The summed E-state index contributed by atoms with van der Waals surface area (Å²) in [5.74, 6) is -0.302. The molecule has 1 fully saturated rings. The first-order valence-corrected chi connectivity index (χ1v) is 6.96. The molecule has 1 unspecified atom stereocenters. The van der Waals surface area contributed by atoms with Gasteiger partial charge in [0, 0.05) is 6.54 Å². The zero-order valence-electron chi connectivity index (χ0n) is 9.60. The topological polar surface area (TPSA) is 75.7 Å². The van der Waals surface area contributed by atoms with Crippen LogP contribution in [0.15, 0.2) is 0 Å². The molecule has 0 saturated carbocycles. The molecule has 1 atom stereocenters. The van der Waals surface area contributed by atoms with Gasteiger partial charge in [-0.1, -0.05) is 6.92 Å². The highest BCUT2D eigenvalue weighted by Crippen LogP contribution is 2.21. The van der Waals surface area contributed by atoms with Crippen LogP contribution < -0.4 is 5.48 Å². The van der Waals surface area contributed by atoms with Crippen LogP contribution in [0, 0.1) is 0 Å². The van der Waals surface area contributed by atoms with E-state index in [1.807, 2.05) is 0 Å². The molecule has 0 aromatic carbocycles. The Kier molecular flexibility index (Phi) is 4.69. The summed E-state index contributed by atoms with van der Waals surface area (Å²) in [5, 5.41) is 0. The van der Waals surface area contributed by atoms with Gasteiger partial charge in [0.05, 0.1) is 12.9 Å². The van der Waals surface area contributed by atoms with E-state index in [-0.39, 0.29) is 11.7 Å². The average Bonchev–Trinajstić information content (AvgIpc) is 2.66. The van der Waals surface area contributed by atoms with Crippen molar-refractivity contribution in [1.29, 1.82) is 0 Å². The molecule has 1 amide bonds. The van der Waals surface area contributed by atoms with Crippen LogP contribution >= 0.6 is 0 Å². The molecule has 16 heavy (non-hydrogen) atoms. The van der Waals surface area contributed by atoms with Crippen molar-refractivity contribution in [3.63, 3.8) is 0 Å². The Balaban J connectivity index is 2.76. The second-order valence-electron chi connectivity index (χ2n) is 3.76. The molecule has 7 heteroatoms. The quantitative estimate of drug-likeness (QED) is 0.690. The highest BCUT2D eigenvalue weighted by molar-refractivity contribution is 7.89. The summed E-state index contributed by atoms with van der Waals surface area (Å²) in [4.78, 5) is 16.1. The molecular formula is C9H18N2O4S. The third-order valence-electron chi connectivity index (χ3n) is 2.53. The molecule has 1 saturated heterocycles. The van der Waals surface area contributed by atoms with E-state index < -0.39 is 16.1 Å². The molecule has 1 N–H and O–H groups in total. The standard InChI is InChI=1S/C9H18N2O4S/c1-3-7-16(13,14)11-6-4-5-8(11)9(12)10-15-2/h8H,3-7H2,1-2H3,(H,10,12). The predicted molar refractivity (Wildman–Crippen MR) is 59.0 cm³/mol. The van der Waals surface area contributed by atoms with Crippen LogP contribution in [-0.2, 0) is 19.7 Å². The maximum absolute atomic E-state index is 11.9. The third kappa shape index (κ3) is 2.93. The maximum atomic E-state index is 11.9. The number of hydrogen-bond acceptors (Lipinski definition) is 4. The zero-order chi connectivity index (χ0) is 12.2. The number of carbonyl (C=O) groups excluding carboxylic acids is 1. The summed E-state index contributed by atoms with van der Waals surface area (Å²) < 4.78 is 25.0. The molecule has 0 spiro atoms. The first kappa shape index (κ1) is 13.4. The van der Waals surface area contributed by atoms with Crippen LogP contribution in [0.1, 0.15) is 26.2 Å². The van der Waals surface area contributed by atoms with E-state index in [4.69, 9.17) is 0 Å². The Morgan fingerprint density at radius 1 is 1.56 bits per heavy atom. The summed E-state index contributed by atoms with van der Waals surface area (Å²) in [7, 11) is -1.97. The van der Waals surface area contributed by atoms with Crippen molar-refractivity contribution in [2.75, 3.05) is 19.4 Å². The first-order valence-electron chi connectivity index (χ1n) is 5.35. The van der Waals surface area contributed by atoms with Crippen LogP contribution in [0.3, 0.4) is 0 Å². The van der Waals surface area contributed by atoms with Gasteiger partial charge in [-0.25, -0.2) is 13.9 Å². The fourth-order valence-electron chi connectivity index (χ4n) is 1.88. The van der Waals surface area contributed by atoms with E-state index in [2.05, 4.69) is 10.3 Å². The van der Waals surface area contributed by atoms with Crippen LogP contribution in [0.2, 0.25) is 0 Å². The smallest absolute Gasteiger partial charge is 0.261 e. The number of sulfonamides is 1. The summed E-state index contributed by atoms with van der Waals surface area (Å²) in [6.07, 6.45) is 1.82. The molecule has 1 aliphatic rings. The van der Waals surface area contributed by atoms with Crippen molar-refractivity contribution < 1.29 is 18.0 Å². The highest BCUT2D eigenvalue weighted by atomic mass is 32.2. The van der Waals surface area contributed by atoms with E-state index in [9.17, 15) is 13.2 Å². The summed E-state index contributed by atoms with van der Waals surface area (Å²) >= 11 is 0. The predicted octanol–water partition coefficient (Wildman–Crippen LogP) is -0.132. The lowest BCUT2D eigenvalue weighted by Gasteiger charge is -2.22. The lowest BCUT2D eigenvalue weighted by atomic mass is 10.2. The molecular weight excluding hydrogens is 232 g/mol. The van der Waals surface area contributed by atoms with Crippen LogP contribution in [-0.4, -0.2) is 44.1 Å². The second-order valence-corrected chi connectivity index (χ2v) is 5.80. The number of carbonyl (C=O) groups is 1. The van der Waals surface area contributed by atoms with Crippen LogP contribution in [0.25, 0.3) is 0 Å². The molecule has 0 aliphatic carbocycles. The number of rotatable bonds is 5. The van der Waals surface area contributed by atoms with E-state index in [1.165, 1.54) is 11.4 Å². The zero-order valence-corrected chi connectivity index (χ0v) is 10.4. The second kappa shape index (κ2) is 5.60. The van der Waals surface area contributed by atoms with Gasteiger partial charge < -0.3 is 0 Å². The number of hydrogen-bond donors (Lipinski definition) is 1. The fraction of sp³-hybridized carbons (Fsp3) is 0.889. The molecule has 0 bridgehead atoms. The first-order chi connectivity index (χ1) is 7.53. The Morgan fingerprint density at radius 2 is 2.25 bits per heavy atom. The Morgan fingerprint density at radius 3 is 2.81 bits per heavy atom. The molecule has 0 radical (unpaired) electrons. The van der Waals surface area contributed by atoms with Gasteiger partial charge in [0.2, 0.25) is 10.0 Å². The molecule has 94 valence electrons. The van der Waals surface area contributed by atoms with Gasteiger partial charge in [0.25, 0.3) is 5.91 Å². The molecule has 1 aliphatic heterocycles. The van der Waals surface area contributed by atoms with Crippen molar-refractivity contribution >= 4 is 15.9 Å². The van der Waals surface area contributed by atoms with Gasteiger partial charge >= 0.3 is 0 Å². The van der Waals surface area contributed by atoms with Gasteiger partial charge in [-0.15, -0.1) is 0 Å². The highest BCUT2D eigenvalue weighted by Gasteiger charge is 2.37. The van der Waals surface area contributed by atoms with E-state index in [0.29, 0.717) is 25.8 Å². The van der Waals surface area contributed by atoms with Crippen LogP contribution in [0.4, 0.5) is 0 Å². The van der Waals surface area contributed by atoms with Crippen molar-refractivity contribution in [2.24, 2.45) is 0 Å². The van der Waals surface area contributed by atoms with Crippen molar-refractivity contribution in [3.8, 4) is 0 Å². The number of nitrogens with one attached hydrogen (secondary N) is 1. The minimum absolute atomic E-state index is 0.0871. The monoisotopic (exact) mass is 250 g/mol. The van der Waals surface area contributed by atoms with Crippen molar-refractivity contribution in [2.45, 2.75) is 32.2 Å². The minimum atomic E-state index is -3.31. The number of hydroxylamine groups is 1. The average molecular weight is 250 g/mol. The van der Waals surface area contributed by atoms with Crippen LogP contribution in [0.5, 0.6) is 0 Å². The third-order valence-corrected chi connectivity index (χ3v) is 4.60. The van der Waals surface area contributed by atoms with Gasteiger partial charge in [-0.2, -0.15) is 4.31 Å². The maximum Gasteiger partial charge on any atom is 0.261 e. The van der Waals surface area contributed by atoms with Gasteiger partial charge in [0.15, 0.2) is 0 Å². The Labute approximate surface area is 96.0 Å². The summed E-state index contributed by atoms with van der Waals surface area (Å²) in [5.41, 5.74) is 2.19. The fourth-order valence-corrected chi connectivity index (χ4v) is 3.63. The molecule has 6 nitrogen and oxygen atoms in total. The largest absolute Gasteiger partial charge is 0.277 e. The van der Waals surface area contributed by atoms with Gasteiger partial charge in [0.1, 0.15) is 6.04 Å². The molecule has 1 rings (SSSR count). The molecule has 0 aromatic rings. The number of nitrogens with zero attached hydrogens (tertiary/aromatic N) is 1. The normalized spacial score (nSPS) is 22.2. The van der Waals surface area contributed by atoms with E-state index in [1.54, 1.807) is 6.92 Å². The summed E-state index contributed by atoms with van der Waals surface area (Å²) in [6.45, 7) is 2.22. The summed E-state index contributed by atoms with van der Waals surface area (Å²) in [6, 6.07) is -0.614. The lowest BCUT2D eigenvalue weighted by molar-refractivity contribution is -0.134. The van der Waals surface area contributed by atoms with Gasteiger partial charge in [-0.3, -0.25) is 9.63 Å². The van der Waals surface area contributed by atoms with Crippen molar-refractivity contribution in [3.05, 3.63) is 0 Å². The van der Waals surface area contributed by atoms with E-state index >= 15 is 0 Å². The Bertz CT molecular complexity index is 341. The SMILES string of the molecule is CCCS(=O)(=O)N1CCCC1C(=O)NOC. The number of amides is 1. The van der Waals surface area contributed by atoms with Gasteiger partial charge in [-0.05, 0) is 19.3 Å². The van der Waals surface area contributed by atoms with Crippen molar-refractivity contribution in [1.82, 2.24) is 9.79 Å². The Hall–Kier alpha value is -0.660. The molecule has 0 aromatic heterocycles. The lowest BCUT2D eigenvalue weighted by Crippen LogP contribution is -2.46. The minimum Gasteiger partial charge on any atom is -0.277 e. The molecule has 1 heterocycles. The van der Waals surface area contributed by atoms with E-state index in [0.717, 1.165) is 0 Å².